The standard InChI is InChI=1S/C23H22ClN5OS/c1-15(22(30)26-20-13-7-2-8-16(20)14-25)31-23-28-27-21(18-11-5-6-12-19(18)24)29(23)17-9-3-4-10-17/h2,5-8,11-13,15,17H,3-4,9-10H2,1H3,(H,26,30). The van der Waals surface area contributed by atoms with Crippen LogP contribution in [0.2, 0.25) is 5.02 Å². The van der Waals surface area contributed by atoms with E-state index in [1.807, 2.05) is 31.2 Å². The summed E-state index contributed by atoms with van der Waals surface area (Å²) in [6.45, 7) is 1.83. The Morgan fingerprint density at radius 2 is 1.90 bits per heavy atom. The van der Waals surface area contributed by atoms with E-state index in [-0.39, 0.29) is 5.91 Å². The van der Waals surface area contributed by atoms with Gasteiger partial charge in [-0.25, -0.2) is 0 Å². The van der Waals surface area contributed by atoms with Gasteiger partial charge in [-0.05, 0) is 44.0 Å². The number of nitriles is 1. The summed E-state index contributed by atoms with van der Waals surface area (Å²) in [4.78, 5) is 12.8. The van der Waals surface area contributed by atoms with E-state index in [9.17, 15) is 10.1 Å². The van der Waals surface area contributed by atoms with Gasteiger partial charge in [-0.1, -0.05) is 60.5 Å². The number of nitrogens with one attached hydrogen (secondary N) is 1. The van der Waals surface area contributed by atoms with Crippen LogP contribution in [0.25, 0.3) is 11.4 Å². The monoisotopic (exact) mass is 451 g/mol. The van der Waals surface area contributed by atoms with Crippen LogP contribution in [0, 0.1) is 11.3 Å². The number of nitrogens with zero attached hydrogens (tertiary/aromatic N) is 4. The topological polar surface area (TPSA) is 83.6 Å². The van der Waals surface area contributed by atoms with Crippen LogP contribution < -0.4 is 5.32 Å². The zero-order valence-corrected chi connectivity index (χ0v) is 18.7. The minimum atomic E-state index is -0.421. The average Bonchev–Trinajstić information content (AvgIpc) is 3.44. The maximum atomic E-state index is 12.8. The summed E-state index contributed by atoms with van der Waals surface area (Å²) >= 11 is 7.81. The lowest BCUT2D eigenvalue weighted by molar-refractivity contribution is -0.115. The number of hydrogen-bond acceptors (Lipinski definition) is 5. The van der Waals surface area contributed by atoms with E-state index in [0.29, 0.717) is 27.5 Å². The van der Waals surface area contributed by atoms with Crippen molar-refractivity contribution in [2.45, 2.75) is 49.1 Å². The Morgan fingerprint density at radius 3 is 2.65 bits per heavy atom. The minimum Gasteiger partial charge on any atom is -0.324 e. The quantitative estimate of drug-likeness (QED) is 0.485. The van der Waals surface area contributed by atoms with Gasteiger partial charge in [0.25, 0.3) is 0 Å². The van der Waals surface area contributed by atoms with Crippen molar-refractivity contribution < 1.29 is 4.79 Å². The molecule has 1 N–H and O–H groups in total. The van der Waals surface area contributed by atoms with Crippen LogP contribution >= 0.6 is 23.4 Å². The number of hydrogen-bond donors (Lipinski definition) is 1. The molecule has 0 aliphatic heterocycles. The van der Waals surface area contributed by atoms with Crippen molar-refractivity contribution in [2.75, 3.05) is 5.32 Å². The molecule has 3 aromatic rings. The molecule has 0 radical (unpaired) electrons. The molecule has 1 aliphatic rings. The second kappa shape index (κ2) is 9.54. The minimum absolute atomic E-state index is 0.187. The van der Waals surface area contributed by atoms with Crippen LogP contribution in [-0.4, -0.2) is 25.9 Å². The molecule has 1 heterocycles. The molecule has 1 atom stereocenters. The van der Waals surface area contributed by atoms with Gasteiger partial charge in [-0.15, -0.1) is 10.2 Å². The van der Waals surface area contributed by atoms with Gasteiger partial charge in [0.2, 0.25) is 5.91 Å². The highest BCUT2D eigenvalue weighted by atomic mass is 35.5. The van der Waals surface area contributed by atoms with Crippen molar-refractivity contribution in [1.82, 2.24) is 14.8 Å². The van der Waals surface area contributed by atoms with Gasteiger partial charge in [0.1, 0.15) is 6.07 Å². The molecule has 31 heavy (non-hydrogen) atoms. The van der Waals surface area contributed by atoms with Crippen LogP contribution in [0.1, 0.15) is 44.2 Å². The number of benzene rings is 2. The molecule has 158 valence electrons. The number of halogens is 1. The third kappa shape index (κ3) is 4.60. The van der Waals surface area contributed by atoms with E-state index < -0.39 is 5.25 Å². The summed E-state index contributed by atoms with van der Waals surface area (Å²) in [5, 5.41) is 21.9. The Balaban J connectivity index is 1.60. The lowest BCUT2D eigenvalue weighted by Crippen LogP contribution is -2.23. The summed E-state index contributed by atoms with van der Waals surface area (Å²) < 4.78 is 2.14. The van der Waals surface area contributed by atoms with Crippen molar-refractivity contribution in [3.63, 3.8) is 0 Å². The third-order valence-electron chi connectivity index (χ3n) is 5.43. The summed E-state index contributed by atoms with van der Waals surface area (Å²) in [5.74, 6) is 0.551. The highest BCUT2D eigenvalue weighted by Crippen LogP contribution is 2.39. The maximum Gasteiger partial charge on any atom is 0.237 e. The first-order chi connectivity index (χ1) is 15.1. The second-order valence-corrected chi connectivity index (χ2v) is 9.22. The first-order valence-electron chi connectivity index (χ1n) is 10.2. The fourth-order valence-corrected chi connectivity index (χ4v) is 4.95. The van der Waals surface area contributed by atoms with Crippen LogP contribution in [-0.2, 0) is 4.79 Å². The lowest BCUT2D eigenvalue weighted by atomic mass is 10.2. The van der Waals surface area contributed by atoms with E-state index in [1.165, 1.54) is 11.8 Å². The number of amides is 1. The highest BCUT2D eigenvalue weighted by molar-refractivity contribution is 8.00. The molecule has 8 heteroatoms. The molecule has 2 aromatic carbocycles. The molecule has 1 unspecified atom stereocenters. The van der Waals surface area contributed by atoms with E-state index in [2.05, 4.69) is 26.2 Å². The molecule has 0 bridgehead atoms. The van der Waals surface area contributed by atoms with Crippen molar-refractivity contribution >= 4 is 35.0 Å². The van der Waals surface area contributed by atoms with Crippen LogP contribution in [0.5, 0.6) is 0 Å². The Morgan fingerprint density at radius 1 is 1.19 bits per heavy atom. The number of para-hydroxylation sites is 1. The van der Waals surface area contributed by atoms with Crippen molar-refractivity contribution in [2.24, 2.45) is 0 Å². The number of anilines is 1. The Bertz CT molecular complexity index is 1130. The van der Waals surface area contributed by atoms with Gasteiger partial charge in [-0.2, -0.15) is 5.26 Å². The van der Waals surface area contributed by atoms with Crippen molar-refractivity contribution in [3.8, 4) is 17.5 Å². The Hall–Kier alpha value is -2.82. The van der Waals surface area contributed by atoms with Gasteiger partial charge in [0, 0.05) is 11.6 Å². The number of aromatic nitrogens is 3. The van der Waals surface area contributed by atoms with Gasteiger partial charge in [0.05, 0.1) is 21.5 Å². The smallest absolute Gasteiger partial charge is 0.237 e. The molecule has 1 fully saturated rings. The van der Waals surface area contributed by atoms with E-state index in [1.54, 1.807) is 24.3 Å². The molecule has 6 nitrogen and oxygen atoms in total. The molecular weight excluding hydrogens is 430 g/mol. The van der Waals surface area contributed by atoms with E-state index in [4.69, 9.17) is 11.6 Å². The molecule has 0 spiro atoms. The summed E-state index contributed by atoms with van der Waals surface area (Å²) in [5.41, 5.74) is 1.79. The van der Waals surface area contributed by atoms with Crippen molar-refractivity contribution in [3.05, 3.63) is 59.1 Å². The molecule has 0 saturated heterocycles. The van der Waals surface area contributed by atoms with Crippen LogP contribution in [0.4, 0.5) is 5.69 Å². The van der Waals surface area contributed by atoms with Gasteiger partial charge in [-0.3, -0.25) is 9.36 Å². The average molecular weight is 452 g/mol. The van der Waals surface area contributed by atoms with Gasteiger partial charge < -0.3 is 5.32 Å². The summed E-state index contributed by atoms with van der Waals surface area (Å²) in [7, 11) is 0. The fraction of sp³-hybridized carbons (Fsp3) is 0.304. The Labute approximate surface area is 190 Å². The first kappa shape index (κ1) is 21.4. The third-order valence-corrected chi connectivity index (χ3v) is 6.81. The maximum absolute atomic E-state index is 12.8. The second-order valence-electron chi connectivity index (χ2n) is 7.50. The molecule has 1 saturated carbocycles. The number of rotatable bonds is 6. The van der Waals surface area contributed by atoms with E-state index >= 15 is 0 Å². The van der Waals surface area contributed by atoms with Crippen LogP contribution in [0.15, 0.2) is 53.7 Å². The predicted octanol–water partition coefficient (Wildman–Crippen LogP) is 5.70. The zero-order chi connectivity index (χ0) is 21.8. The lowest BCUT2D eigenvalue weighted by Gasteiger charge is -2.19. The normalized spacial score (nSPS) is 14.9. The Kier molecular flexibility index (Phi) is 6.59. The summed E-state index contributed by atoms with van der Waals surface area (Å²) in [6.07, 6.45) is 4.43. The largest absolute Gasteiger partial charge is 0.324 e. The van der Waals surface area contributed by atoms with Crippen molar-refractivity contribution in [1.29, 1.82) is 5.26 Å². The molecule has 1 amide bonds. The SMILES string of the molecule is CC(Sc1nnc(-c2ccccc2Cl)n1C1CCCC1)C(=O)Nc1ccccc1C#N. The predicted molar refractivity (Wildman–Crippen MR) is 123 cm³/mol. The number of thioether (sulfide) groups is 1. The fourth-order valence-electron chi connectivity index (χ4n) is 3.81. The number of carbonyl (C=O) groups is 1. The van der Waals surface area contributed by atoms with Gasteiger partial charge in [0.15, 0.2) is 11.0 Å². The summed E-state index contributed by atoms with van der Waals surface area (Å²) in [6, 6.07) is 17.0. The van der Waals surface area contributed by atoms with Gasteiger partial charge >= 0.3 is 0 Å². The molecule has 1 aromatic heterocycles. The molecule has 1 aliphatic carbocycles. The van der Waals surface area contributed by atoms with Crippen LogP contribution in [0.3, 0.4) is 0 Å². The molecule has 4 rings (SSSR count). The molecular formula is C23H22ClN5OS. The number of carbonyl (C=O) groups excluding carboxylic acids is 1. The van der Waals surface area contributed by atoms with E-state index in [0.717, 1.165) is 37.1 Å². The highest BCUT2D eigenvalue weighted by Gasteiger charge is 2.28. The zero-order valence-electron chi connectivity index (χ0n) is 17.1. The first-order valence-corrected chi connectivity index (χ1v) is 11.5.